The van der Waals surface area contributed by atoms with Crippen LogP contribution in [0.3, 0.4) is 0 Å². The summed E-state index contributed by atoms with van der Waals surface area (Å²) in [5, 5.41) is 0. The molecule has 0 spiro atoms. The molecule has 1 aromatic carbocycles. The van der Waals surface area contributed by atoms with Crippen LogP contribution in [-0.2, 0) is 0 Å². The van der Waals surface area contributed by atoms with Gasteiger partial charge in [0.15, 0.2) is 0 Å². The molecule has 16 heavy (non-hydrogen) atoms. The number of hydrogen-bond donors (Lipinski definition) is 1. The van der Waals surface area contributed by atoms with E-state index in [4.69, 9.17) is 0 Å². The molecule has 1 aromatic rings. The molecule has 2 nitrogen and oxygen atoms in total. The molecule has 1 amide bonds. The lowest BCUT2D eigenvalue weighted by molar-refractivity contribution is 0.0635. The van der Waals surface area contributed by atoms with Gasteiger partial charge >= 0.3 is 0 Å². The zero-order chi connectivity index (χ0) is 11.5. The Labute approximate surface area is 102 Å². The van der Waals surface area contributed by atoms with E-state index < -0.39 is 0 Å². The van der Waals surface area contributed by atoms with E-state index in [0.717, 1.165) is 29.8 Å². The molecule has 1 saturated heterocycles. The summed E-state index contributed by atoms with van der Waals surface area (Å²) in [4.78, 5) is 15.1. The second-order valence-corrected chi connectivity index (χ2v) is 4.91. The summed E-state index contributed by atoms with van der Waals surface area (Å²) >= 11 is 4.22. The van der Waals surface area contributed by atoms with Crippen LogP contribution in [0.1, 0.15) is 36.5 Å². The number of piperidine rings is 1. The Balaban J connectivity index is 2.14. The van der Waals surface area contributed by atoms with Crippen molar-refractivity contribution < 1.29 is 4.79 Å². The van der Waals surface area contributed by atoms with Gasteiger partial charge < -0.3 is 4.90 Å². The van der Waals surface area contributed by atoms with Gasteiger partial charge in [0, 0.05) is 23.0 Å². The van der Waals surface area contributed by atoms with E-state index in [0.29, 0.717) is 6.04 Å². The fourth-order valence-electron chi connectivity index (χ4n) is 2.17. The minimum Gasteiger partial charge on any atom is -0.336 e. The Morgan fingerprint density at radius 3 is 2.62 bits per heavy atom. The lowest BCUT2D eigenvalue weighted by Crippen LogP contribution is -2.41. The Morgan fingerprint density at radius 1 is 1.31 bits per heavy atom. The van der Waals surface area contributed by atoms with Crippen molar-refractivity contribution in [2.45, 2.75) is 37.1 Å². The molecule has 1 unspecified atom stereocenters. The first-order valence-electron chi connectivity index (χ1n) is 5.78. The van der Waals surface area contributed by atoms with Crippen LogP contribution in [0, 0.1) is 0 Å². The second kappa shape index (κ2) is 4.91. The first-order chi connectivity index (χ1) is 7.68. The van der Waals surface area contributed by atoms with E-state index >= 15 is 0 Å². The molecule has 0 radical (unpaired) electrons. The van der Waals surface area contributed by atoms with Gasteiger partial charge in [-0.3, -0.25) is 4.79 Å². The molecule has 1 atom stereocenters. The number of rotatable bonds is 1. The van der Waals surface area contributed by atoms with Gasteiger partial charge in [0.25, 0.3) is 5.91 Å². The summed E-state index contributed by atoms with van der Waals surface area (Å²) < 4.78 is 0. The van der Waals surface area contributed by atoms with Crippen LogP contribution in [0.5, 0.6) is 0 Å². The molecule has 0 saturated carbocycles. The summed E-state index contributed by atoms with van der Waals surface area (Å²) in [7, 11) is 0. The van der Waals surface area contributed by atoms with E-state index in [-0.39, 0.29) is 5.91 Å². The first kappa shape index (κ1) is 11.5. The molecular formula is C13H17NOS. The van der Waals surface area contributed by atoms with E-state index in [2.05, 4.69) is 19.6 Å². The molecule has 2 rings (SSSR count). The summed E-state index contributed by atoms with van der Waals surface area (Å²) in [5.74, 6) is 0.153. The third kappa shape index (κ3) is 2.40. The number of carbonyl (C=O) groups excluding carboxylic acids is 1. The maximum absolute atomic E-state index is 12.2. The monoisotopic (exact) mass is 235 g/mol. The Kier molecular flexibility index (Phi) is 3.54. The predicted molar refractivity (Wildman–Crippen MR) is 68.0 cm³/mol. The third-order valence-electron chi connectivity index (χ3n) is 3.18. The van der Waals surface area contributed by atoms with Crippen LogP contribution in [-0.4, -0.2) is 23.4 Å². The molecule has 1 fully saturated rings. The van der Waals surface area contributed by atoms with Gasteiger partial charge in [-0.2, -0.15) is 0 Å². The van der Waals surface area contributed by atoms with Crippen LogP contribution in [0.25, 0.3) is 0 Å². The maximum atomic E-state index is 12.2. The van der Waals surface area contributed by atoms with Gasteiger partial charge in [-0.1, -0.05) is 0 Å². The number of carbonyl (C=O) groups is 1. The molecule has 0 aromatic heterocycles. The van der Waals surface area contributed by atoms with E-state index in [9.17, 15) is 4.79 Å². The summed E-state index contributed by atoms with van der Waals surface area (Å²) in [6.45, 7) is 3.02. The molecule has 86 valence electrons. The normalized spacial score (nSPS) is 20.9. The summed E-state index contributed by atoms with van der Waals surface area (Å²) in [5.41, 5.74) is 0.770. The molecule has 3 heteroatoms. The van der Waals surface area contributed by atoms with Crippen molar-refractivity contribution in [2.75, 3.05) is 6.54 Å². The van der Waals surface area contributed by atoms with Gasteiger partial charge in [0.05, 0.1) is 0 Å². The highest BCUT2D eigenvalue weighted by Crippen LogP contribution is 2.19. The number of thiol groups is 1. The van der Waals surface area contributed by atoms with Gasteiger partial charge in [-0.05, 0) is 50.5 Å². The largest absolute Gasteiger partial charge is 0.336 e. The lowest BCUT2D eigenvalue weighted by Gasteiger charge is -2.33. The maximum Gasteiger partial charge on any atom is 0.254 e. The molecule has 1 aliphatic rings. The number of hydrogen-bond acceptors (Lipinski definition) is 2. The predicted octanol–water partition coefficient (Wildman–Crippen LogP) is 2.99. The average Bonchev–Trinajstić information content (AvgIpc) is 2.30. The van der Waals surface area contributed by atoms with E-state index in [1.807, 2.05) is 29.2 Å². The fourth-order valence-corrected chi connectivity index (χ4v) is 2.32. The summed E-state index contributed by atoms with van der Waals surface area (Å²) in [6.07, 6.45) is 3.48. The van der Waals surface area contributed by atoms with Crippen molar-refractivity contribution in [3.05, 3.63) is 29.8 Å². The number of benzene rings is 1. The topological polar surface area (TPSA) is 20.3 Å². The zero-order valence-electron chi connectivity index (χ0n) is 9.52. The quantitative estimate of drug-likeness (QED) is 0.742. The van der Waals surface area contributed by atoms with Gasteiger partial charge in [0.2, 0.25) is 0 Å². The van der Waals surface area contributed by atoms with Crippen LogP contribution < -0.4 is 0 Å². The molecule has 0 aliphatic carbocycles. The zero-order valence-corrected chi connectivity index (χ0v) is 10.4. The minimum absolute atomic E-state index is 0.153. The molecule has 1 heterocycles. The van der Waals surface area contributed by atoms with Gasteiger partial charge in [0.1, 0.15) is 0 Å². The van der Waals surface area contributed by atoms with Crippen molar-refractivity contribution in [3.8, 4) is 0 Å². The highest BCUT2D eigenvalue weighted by atomic mass is 32.1. The van der Waals surface area contributed by atoms with E-state index in [1.54, 1.807) is 0 Å². The van der Waals surface area contributed by atoms with Gasteiger partial charge in [-0.15, -0.1) is 12.6 Å². The van der Waals surface area contributed by atoms with Crippen molar-refractivity contribution >= 4 is 18.5 Å². The van der Waals surface area contributed by atoms with Crippen LogP contribution >= 0.6 is 12.6 Å². The van der Waals surface area contributed by atoms with Crippen molar-refractivity contribution in [3.63, 3.8) is 0 Å². The SMILES string of the molecule is CC1CCCCN1C(=O)c1ccc(S)cc1. The molecule has 0 bridgehead atoms. The number of amides is 1. The van der Waals surface area contributed by atoms with Crippen molar-refractivity contribution in [2.24, 2.45) is 0 Å². The second-order valence-electron chi connectivity index (χ2n) is 4.39. The highest BCUT2D eigenvalue weighted by Gasteiger charge is 2.23. The van der Waals surface area contributed by atoms with Crippen LogP contribution in [0.15, 0.2) is 29.2 Å². The standard InChI is InChI=1S/C13H17NOS/c1-10-4-2-3-9-14(10)13(15)11-5-7-12(16)8-6-11/h5-8,10,16H,2-4,9H2,1H3. The smallest absolute Gasteiger partial charge is 0.254 e. The minimum atomic E-state index is 0.153. The average molecular weight is 235 g/mol. The van der Waals surface area contributed by atoms with Gasteiger partial charge in [-0.25, -0.2) is 0 Å². The molecular weight excluding hydrogens is 218 g/mol. The van der Waals surface area contributed by atoms with E-state index in [1.165, 1.54) is 6.42 Å². The number of likely N-dealkylation sites (tertiary alicyclic amines) is 1. The molecule has 1 aliphatic heterocycles. The van der Waals surface area contributed by atoms with Crippen LogP contribution in [0.4, 0.5) is 0 Å². The van der Waals surface area contributed by atoms with Crippen LogP contribution in [0.2, 0.25) is 0 Å². The highest BCUT2D eigenvalue weighted by molar-refractivity contribution is 7.80. The molecule has 0 N–H and O–H groups in total. The lowest BCUT2D eigenvalue weighted by atomic mass is 10.0. The first-order valence-corrected chi connectivity index (χ1v) is 6.23. The summed E-state index contributed by atoms with van der Waals surface area (Å²) in [6, 6.07) is 7.81. The number of nitrogens with zero attached hydrogens (tertiary/aromatic N) is 1. The Bertz CT molecular complexity index is 374. The van der Waals surface area contributed by atoms with Crippen molar-refractivity contribution in [1.29, 1.82) is 0 Å². The fraction of sp³-hybridized carbons (Fsp3) is 0.462. The van der Waals surface area contributed by atoms with Crippen molar-refractivity contribution in [1.82, 2.24) is 4.90 Å². The third-order valence-corrected chi connectivity index (χ3v) is 3.48. The Morgan fingerprint density at radius 2 is 2.00 bits per heavy atom. The Hall–Kier alpha value is -0.960.